The van der Waals surface area contributed by atoms with Gasteiger partial charge in [0.1, 0.15) is 0 Å². The molecule has 3 rings (SSSR count). The van der Waals surface area contributed by atoms with Crippen LogP contribution in [0.5, 0.6) is 0 Å². The van der Waals surface area contributed by atoms with Gasteiger partial charge in [-0.25, -0.2) is 0 Å². The van der Waals surface area contributed by atoms with Crippen molar-refractivity contribution in [2.75, 3.05) is 0 Å². The standard InChI is InChI=1S/C16H11F3N2O2S/c1-10-9-11(14-20-15(23-21-14)16(17,18)19)7-8-13(10)24(22)12-5-3-2-4-6-12/h2-9H,1H3. The van der Waals surface area contributed by atoms with Crippen LogP contribution in [0.3, 0.4) is 0 Å². The Morgan fingerprint density at radius 2 is 1.79 bits per heavy atom. The van der Waals surface area contributed by atoms with Crippen molar-refractivity contribution in [3.63, 3.8) is 0 Å². The van der Waals surface area contributed by atoms with Gasteiger partial charge in [-0.05, 0) is 37.3 Å². The third kappa shape index (κ3) is 3.29. The largest absolute Gasteiger partial charge is 0.606 e. The van der Waals surface area contributed by atoms with Crippen molar-refractivity contribution in [1.82, 2.24) is 10.1 Å². The molecule has 4 nitrogen and oxygen atoms in total. The first-order chi connectivity index (χ1) is 11.4. The molecule has 1 aromatic heterocycles. The van der Waals surface area contributed by atoms with Gasteiger partial charge in [0, 0.05) is 22.3 Å². The predicted octanol–water partition coefficient (Wildman–Crippen LogP) is 4.23. The third-order valence-electron chi connectivity index (χ3n) is 3.26. The molecule has 0 bridgehead atoms. The highest BCUT2D eigenvalue weighted by molar-refractivity contribution is 7.91. The number of aromatic nitrogens is 2. The Kier molecular flexibility index (Phi) is 4.33. The van der Waals surface area contributed by atoms with Gasteiger partial charge in [-0.1, -0.05) is 23.4 Å². The first kappa shape index (κ1) is 16.5. The zero-order valence-corrected chi connectivity index (χ0v) is 13.2. The van der Waals surface area contributed by atoms with Crippen LogP contribution in [0, 0.1) is 6.92 Å². The molecule has 24 heavy (non-hydrogen) atoms. The molecular weight excluding hydrogens is 341 g/mol. The number of hydrogen-bond donors (Lipinski definition) is 0. The zero-order chi connectivity index (χ0) is 17.3. The van der Waals surface area contributed by atoms with Crippen LogP contribution < -0.4 is 0 Å². The molecule has 0 aliphatic rings. The molecule has 0 fully saturated rings. The van der Waals surface area contributed by atoms with Gasteiger partial charge >= 0.3 is 12.1 Å². The van der Waals surface area contributed by atoms with Crippen LogP contribution in [0.25, 0.3) is 11.4 Å². The van der Waals surface area contributed by atoms with Gasteiger partial charge in [-0.2, -0.15) is 18.2 Å². The molecule has 1 atom stereocenters. The molecule has 1 heterocycles. The number of benzene rings is 2. The summed E-state index contributed by atoms with van der Waals surface area (Å²) in [6.45, 7) is 1.73. The number of hydrogen-bond acceptors (Lipinski definition) is 4. The minimum Gasteiger partial charge on any atom is -0.606 e. The maximum Gasteiger partial charge on any atom is 0.471 e. The van der Waals surface area contributed by atoms with Gasteiger partial charge in [-0.3, -0.25) is 0 Å². The fraction of sp³-hybridized carbons (Fsp3) is 0.125. The number of rotatable bonds is 3. The summed E-state index contributed by atoms with van der Waals surface area (Å²) in [5, 5.41) is 3.34. The SMILES string of the molecule is Cc1cc(-c2noc(C(F)(F)F)n2)ccc1[S+]([O-])c1ccccc1. The highest BCUT2D eigenvalue weighted by atomic mass is 32.2. The van der Waals surface area contributed by atoms with Gasteiger partial charge in [0.2, 0.25) is 5.82 Å². The molecule has 1 unspecified atom stereocenters. The fourth-order valence-electron chi connectivity index (χ4n) is 2.12. The Morgan fingerprint density at radius 3 is 2.38 bits per heavy atom. The van der Waals surface area contributed by atoms with Crippen LogP contribution in [0.1, 0.15) is 11.5 Å². The van der Waals surface area contributed by atoms with Crippen molar-refractivity contribution in [2.24, 2.45) is 0 Å². The Labute approximate surface area is 138 Å². The average Bonchev–Trinajstić information content (AvgIpc) is 3.05. The Bertz CT molecular complexity index is 850. The van der Waals surface area contributed by atoms with E-state index in [1.165, 1.54) is 6.07 Å². The summed E-state index contributed by atoms with van der Waals surface area (Å²) in [6.07, 6.45) is -4.69. The van der Waals surface area contributed by atoms with E-state index in [-0.39, 0.29) is 5.82 Å². The second-order valence-corrected chi connectivity index (χ2v) is 6.43. The molecule has 2 aromatic carbocycles. The summed E-state index contributed by atoms with van der Waals surface area (Å²) in [4.78, 5) is 4.57. The van der Waals surface area contributed by atoms with E-state index in [2.05, 4.69) is 14.7 Å². The average molecular weight is 352 g/mol. The Morgan fingerprint density at radius 1 is 1.08 bits per heavy atom. The fourth-order valence-corrected chi connectivity index (χ4v) is 3.32. The molecule has 0 N–H and O–H groups in total. The summed E-state index contributed by atoms with van der Waals surface area (Å²) in [5.41, 5.74) is 1.02. The van der Waals surface area contributed by atoms with Crippen LogP contribution in [0.2, 0.25) is 0 Å². The van der Waals surface area contributed by atoms with E-state index in [0.29, 0.717) is 20.9 Å². The lowest BCUT2D eigenvalue weighted by Gasteiger charge is -2.12. The second-order valence-electron chi connectivity index (χ2n) is 4.98. The number of aryl methyl sites for hydroxylation is 1. The van der Waals surface area contributed by atoms with Gasteiger partial charge in [-0.15, -0.1) is 0 Å². The monoisotopic (exact) mass is 352 g/mol. The molecule has 0 spiro atoms. The van der Waals surface area contributed by atoms with E-state index in [1.807, 2.05) is 6.07 Å². The molecule has 3 aromatic rings. The van der Waals surface area contributed by atoms with Gasteiger partial charge in [0.05, 0.1) is 0 Å². The molecular formula is C16H11F3N2O2S. The van der Waals surface area contributed by atoms with E-state index in [4.69, 9.17) is 0 Å². The number of halogens is 3. The maximum absolute atomic E-state index is 12.6. The summed E-state index contributed by atoms with van der Waals surface area (Å²) in [7, 11) is 0. The molecule has 0 aliphatic heterocycles. The summed E-state index contributed by atoms with van der Waals surface area (Å²) >= 11 is -1.38. The summed E-state index contributed by atoms with van der Waals surface area (Å²) in [6, 6.07) is 13.6. The van der Waals surface area contributed by atoms with Crippen LogP contribution in [-0.2, 0) is 17.4 Å². The van der Waals surface area contributed by atoms with Crippen LogP contribution in [0.15, 0.2) is 62.8 Å². The van der Waals surface area contributed by atoms with Crippen molar-refractivity contribution >= 4 is 11.2 Å². The van der Waals surface area contributed by atoms with E-state index >= 15 is 0 Å². The molecule has 0 saturated heterocycles. The molecule has 0 aliphatic carbocycles. The Balaban J connectivity index is 1.91. The van der Waals surface area contributed by atoms with Crippen molar-refractivity contribution < 1.29 is 22.2 Å². The molecule has 0 saturated carbocycles. The third-order valence-corrected chi connectivity index (χ3v) is 4.82. The maximum atomic E-state index is 12.6. The van der Waals surface area contributed by atoms with Gasteiger partial charge < -0.3 is 9.08 Å². The molecule has 8 heteroatoms. The smallest absolute Gasteiger partial charge is 0.471 e. The molecule has 0 radical (unpaired) electrons. The first-order valence-electron chi connectivity index (χ1n) is 6.85. The predicted molar refractivity (Wildman–Crippen MR) is 80.6 cm³/mol. The first-order valence-corrected chi connectivity index (χ1v) is 8.00. The minimum atomic E-state index is -4.69. The van der Waals surface area contributed by atoms with Crippen molar-refractivity contribution in [1.29, 1.82) is 0 Å². The lowest BCUT2D eigenvalue weighted by molar-refractivity contribution is -0.159. The number of alkyl halides is 3. The molecule has 0 amide bonds. The lowest BCUT2D eigenvalue weighted by Crippen LogP contribution is -2.05. The van der Waals surface area contributed by atoms with E-state index in [1.54, 1.807) is 43.3 Å². The normalized spacial score (nSPS) is 13.0. The van der Waals surface area contributed by atoms with Gasteiger partial charge in [0.15, 0.2) is 9.79 Å². The van der Waals surface area contributed by atoms with Crippen LogP contribution >= 0.6 is 0 Å². The highest BCUT2D eigenvalue weighted by Gasteiger charge is 2.38. The van der Waals surface area contributed by atoms with Gasteiger partial charge in [0.25, 0.3) is 0 Å². The second kappa shape index (κ2) is 6.29. The van der Waals surface area contributed by atoms with Crippen molar-refractivity contribution in [3.8, 4) is 11.4 Å². The minimum absolute atomic E-state index is 0.164. The van der Waals surface area contributed by atoms with Crippen molar-refractivity contribution in [2.45, 2.75) is 22.9 Å². The van der Waals surface area contributed by atoms with Crippen molar-refractivity contribution in [3.05, 3.63) is 60.0 Å². The van der Waals surface area contributed by atoms with E-state index in [0.717, 1.165) is 0 Å². The summed E-state index contributed by atoms with van der Waals surface area (Å²) in [5.74, 6) is -1.56. The zero-order valence-electron chi connectivity index (χ0n) is 12.4. The van der Waals surface area contributed by atoms with E-state index in [9.17, 15) is 17.7 Å². The lowest BCUT2D eigenvalue weighted by atomic mass is 10.1. The van der Waals surface area contributed by atoms with Crippen LogP contribution in [0.4, 0.5) is 13.2 Å². The summed E-state index contributed by atoms with van der Waals surface area (Å²) < 4.78 is 54.3. The highest BCUT2D eigenvalue weighted by Crippen LogP contribution is 2.31. The van der Waals surface area contributed by atoms with Crippen LogP contribution in [-0.4, -0.2) is 14.7 Å². The van der Waals surface area contributed by atoms with E-state index < -0.39 is 23.2 Å². The number of nitrogens with zero attached hydrogens (tertiary/aromatic N) is 2. The topological polar surface area (TPSA) is 62.0 Å². The molecule has 124 valence electrons. The Hall–Kier alpha value is -2.32. The quantitative estimate of drug-likeness (QED) is 0.662.